The monoisotopic (exact) mass is 426 g/mol. The number of halogens is 1. The van der Waals surface area contributed by atoms with Crippen molar-refractivity contribution in [2.24, 2.45) is 5.92 Å². The lowest BCUT2D eigenvalue weighted by molar-refractivity contribution is -0.126. The second-order valence-corrected chi connectivity index (χ2v) is 7.16. The van der Waals surface area contributed by atoms with Crippen LogP contribution in [0, 0.1) is 5.92 Å². The van der Waals surface area contributed by atoms with E-state index in [1.165, 1.54) is 0 Å². The molecule has 0 spiro atoms. The van der Waals surface area contributed by atoms with Crippen LogP contribution in [-0.4, -0.2) is 50.1 Å². The number of piperidine rings is 1. The molecule has 1 aromatic carbocycles. The van der Waals surface area contributed by atoms with Crippen molar-refractivity contribution >= 4 is 27.7 Å². The van der Waals surface area contributed by atoms with Crippen LogP contribution in [0.25, 0.3) is 0 Å². The van der Waals surface area contributed by atoms with E-state index in [-0.39, 0.29) is 17.7 Å². The number of hydrogen-bond donors (Lipinski definition) is 1. The maximum atomic E-state index is 12.9. The Hall–Kier alpha value is -1.76. The van der Waals surface area contributed by atoms with Gasteiger partial charge in [0.15, 0.2) is 11.5 Å². The van der Waals surface area contributed by atoms with Gasteiger partial charge in [-0.2, -0.15) is 0 Å². The Morgan fingerprint density at radius 2 is 2.12 bits per heavy atom. The Balaban J connectivity index is 2.15. The molecule has 2 rings (SSSR count). The van der Waals surface area contributed by atoms with Crippen molar-refractivity contribution in [3.8, 4) is 11.5 Å². The lowest BCUT2D eigenvalue weighted by Crippen LogP contribution is -2.45. The van der Waals surface area contributed by atoms with E-state index in [1.54, 1.807) is 24.1 Å². The standard InChI is InChI=1S/C19H27BrN2O4/c1-4-8-21-18(23)13-7-6-9-22(12-13)19(24)14-10-15(20)17(26-5-2)16(11-14)25-3/h10-11,13H,4-9,12H2,1-3H3,(H,21,23). The molecule has 0 saturated carbocycles. The van der Waals surface area contributed by atoms with Crippen LogP contribution >= 0.6 is 15.9 Å². The number of ether oxygens (including phenoxy) is 2. The Labute approximate surface area is 163 Å². The summed E-state index contributed by atoms with van der Waals surface area (Å²) < 4.78 is 11.6. The lowest BCUT2D eigenvalue weighted by atomic mass is 9.96. The van der Waals surface area contributed by atoms with Crippen LogP contribution in [0.4, 0.5) is 0 Å². The molecule has 7 heteroatoms. The fraction of sp³-hybridized carbons (Fsp3) is 0.579. The number of benzene rings is 1. The molecular formula is C19H27BrN2O4. The number of nitrogens with zero attached hydrogens (tertiary/aromatic N) is 1. The van der Waals surface area contributed by atoms with E-state index in [0.717, 1.165) is 19.3 Å². The number of methoxy groups -OCH3 is 1. The summed E-state index contributed by atoms with van der Waals surface area (Å²) in [5, 5.41) is 2.93. The largest absolute Gasteiger partial charge is 0.493 e. The fourth-order valence-electron chi connectivity index (χ4n) is 3.08. The van der Waals surface area contributed by atoms with Gasteiger partial charge in [0.05, 0.1) is 24.1 Å². The molecule has 1 N–H and O–H groups in total. The zero-order chi connectivity index (χ0) is 19.1. The van der Waals surface area contributed by atoms with Gasteiger partial charge in [0.25, 0.3) is 5.91 Å². The minimum absolute atomic E-state index is 0.0369. The van der Waals surface area contributed by atoms with Crippen LogP contribution in [0.2, 0.25) is 0 Å². The molecule has 1 saturated heterocycles. The van der Waals surface area contributed by atoms with Crippen molar-refractivity contribution in [1.82, 2.24) is 10.2 Å². The number of likely N-dealkylation sites (tertiary alicyclic amines) is 1. The molecule has 1 atom stereocenters. The van der Waals surface area contributed by atoms with Gasteiger partial charge in [-0.1, -0.05) is 6.92 Å². The summed E-state index contributed by atoms with van der Waals surface area (Å²) in [4.78, 5) is 26.9. The molecule has 1 aliphatic rings. The number of carbonyl (C=O) groups is 2. The molecule has 0 bridgehead atoms. The molecule has 2 amide bonds. The van der Waals surface area contributed by atoms with E-state index in [2.05, 4.69) is 21.2 Å². The SMILES string of the molecule is CCCNC(=O)C1CCCN(C(=O)c2cc(Br)c(OCC)c(OC)c2)C1. The molecule has 1 aromatic rings. The molecule has 1 unspecified atom stereocenters. The average molecular weight is 427 g/mol. The van der Waals surface area contributed by atoms with Gasteiger partial charge in [0, 0.05) is 25.2 Å². The Morgan fingerprint density at radius 3 is 2.77 bits per heavy atom. The van der Waals surface area contributed by atoms with E-state index in [9.17, 15) is 9.59 Å². The van der Waals surface area contributed by atoms with Crippen molar-refractivity contribution in [3.63, 3.8) is 0 Å². The van der Waals surface area contributed by atoms with Crippen LogP contribution in [0.5, 0.6) is 11.5 Å². The van der Waals surface area contributed by atoms with Crippen molar-refractivity contribution in [2.75, 3.05) is 33.4 Å². The number of rotatable bonds is 7. The van der Waals surface area contributed by atoms with E-state index >= 15 is 0 Å². The van der Waals surface area contributed by atoms with Crippen LogP contribution in [0.15, 0.2) is 16.6 Å². The van der Waals surface area contributed by atoms with Crippen LogP contribution in [-0.2, 0) is 4.79 Å². The number of nitrogens with one attached hydrogen (secondary N) is 1. The average Bonchev–Trinajstić information content (AvgIpc) is 2.67. The van der Waals surface area contributed by atoms with Gasteiger partial charge in [-0.05, 0) is 54.2 Å². The summed E-state index contributed by atoms with van der Waals surface area (Å²) in [5.74, 6) is 0.892. The molecular weight excluding hydrogens is 400 g/mol. The highest BCUT2D eigenvalue weighted by Crippen LogP contribution is 2.37. The van der Waals surface area contributed by atoms with Crippen LogP contribution in [0.3, 0.4) is 0 Å². The third-order valence-corrected chi connectivity index (χ3v) is 4.98. The van der Waals surface area contributed by atoms with Gasteiger partial charge < -0.3 is 19.7 Å². The minimum Gasteiger partial charge on any atom is -0.493 e. The molecule has 26 heavy (non-hydrogen) atoms. The van der Waals surface area contributed by atoms with Crippen molar-refractivity contribution in [3.05, 3.63) is 22.2 Å². The summed E-state index contributed by atoms with van der Waals surface area (Å²) in [5.41, 5.74) is 0.520. The van der Waals surface area contributed by atoms with Gasteiger partial charge in [0.1, 0.15) is 0 Å². The molecule has 0 aliphatic carbocycles. The molecule has 1 heterocycles. The van der Waals surface area contributed by atoms with Gasteiger partial charge in [-0.3, -0.25) is 9.59 Å². The smallest absolute Gasteiger partial charge is 0.254 e. The molecule has 1 fully saturated rings. The quantitative estimate of drug-likeness (QED) is 0.726. The molecule has 1 aliphatic heterocycles. The first-order valence-electron chi connectivity index (χ1n) is 9.09. The zero-order valence-electron chi connectivity index (χ0n) is 15.6. The van der Waals surface area contributed by atoms with E-state index in [0.29, 0.717) is 47.8 Å². The van der Waals surface area contributed by atoms with Gasteiger partial charge in [-0.25, -0.2) is 0 Å². The Bertz CT molecular complexity index is 651. The normalized spacial score (nSPS) is 16.9. The maximum absolute atomic E-state index is 12.9. The summed E-state index contributed by atoms with van der Waals surface area (Å²) in [6.07, 6.45) is 2.54. The minimum atomic E-state index is -0.146. The number of carbonyl (C=O) groups excluding carboxylic acids is 2. The highest BCUT2D eigenvalue weighted by Gasteiger charge is 2.29. The van der Waals surface area contributed by atoms with E-state index in [1.807, 2.05) is 13.8 Å². The van der Waals surface area contributed by atoms with E-state index in [4.69, 9.17) is 9.47 Å². The first-order valence-corrected chi connectivity index (χ1v) is 9.88. The highest BCUT2D eigenvalue weighted by molar-refractivity contribution is 9.10. The van der Waals surface area contributed by atoms with Crippen molar-refractivity contribution in [2.45, 2.75) is 33.1 Å². The third kappa shape index (κ3) is 4.90. The van der Waals surface area contributed by atoms with Crippen molar-refractivity contribution in [1.29, 1.82) is 0 Å². The Morgan fingerprint density at radius 1 is 1.35 bits per heavy atom. The third-order valence-electron chi connectivity index (χ3n) is 4.39. The fourth-order valence-corrected chi connectivity index (χ4v) is 3.63. The zero-order valence-corrected chi connectivity index (χ0v) is 17.2. The first-order chi connectivity index (χ1) is 12.5. The molecule has 0 aromatic heterocycles. The Kier molecular flexibility index (Phi) is 7.75. The summed E-state index contributed by atoms with van der Waals surface area (Å²) in [7, 11) is 1.55. The predicted molar refractivity (Wildman–Crippen MR) is 104 cm³/mol. The van der Waals surface area contributed by atoms with Gasteiger partial charge in [-0.15, -0.1) is 0 Å². The number of amides is 2. The van der Waals surface area contributed by atoms with Crippen LogP contribution < -0.4 is 14.8 Å². The predicted octanol–water partition coefficient (Wildman–Crippen LogP) is 3.23. The van der Waals surface area contributed by atoms with E-state index < -0.39 is 0 Å². The second kappa shape index (κ2) is 9.80. The molecule has 0 radical (unpaired) electrons. The van der Waals surface area contributed by atoms with Gasteiger partial charge >= 0.3 is 0 Å². The second-order valence-electron chi connectivity index (χ2n) is 6.30. The first kappa shape index (κ1) is 20.6. The lowest BCUT2D eigenvalue weighted by Gasteiger charge is -2.32. The molecule has 6 nitrogen and oxygen atoms in total. The topological polar surface area (TPSA) is 67.9 Å². The molecule has 144 valence electrons. The number of hydrogen-bond acceptors (Lipinski definition) is 4. The highest BCUT2D eigenvalue weighted by atomic mass is 79.9. The summed E-state index contributed by atoms with van der Waals surface area (Å²) in [6, 6.07) is 3.44. The van der Waals surface area contributed by atoms with Crippen LogP contribution in [0.1, 0.15) is 43.5 Å². The van der Waals surface area contributed by atoms with Crippen molar-refractivity contribution < 1.29 is 19.1 Å². The summed E-state index contributed by atoms with van der Waals surface area (Å²) in [6.45, 7) is 6.19. The van der Waals surface area contributed by atoms with Gasteiger partial charge in [0.2, 0.25) is 5.91 Å². The maximum Gasteiger partial charge on any atom is 0.254 e. The summed E-state index contributed by atoms with van der Waals surface area (Å²) >= 11 is 3.46.